The molecule has 2 N–H and O–H groups in total. The molecule has 5 heterocycles. The van der Waals surface area contributed by atoms with Crippen LogP contribution in [-0.2, 0) is 0 Å². The molecule has 0 atom stereocenters. The number of likely N-dealkylation sites (N-methyl/N-ethyl adjacent to an activating group) is 1. The largest absolute Gasteiger partial charge is 0.364 e. The Labute approximate surface area is 216 Å². The summed E-state index contributed by atoms with van der Waals surface area (Å²) < 4.78 is 0. The number of hydrogen-bond acceptors (Lipinski definition) is 8. The first kappa shape index (κ1) is 24.5. The summed E-state index contributed by atoms with van der Waals surface area (Å²) >= 11 is 0. The fraction of sp³-hybridized carbons (Fsp3) is 0.286. The zero-order chi connectivity index (χ0) is 26.0. The maximum Gasteiger partial charge on any atom is 0.256 e. The van der Waals surface area contributed by atoms with Crippen LogP contribution in [0.25, 0.3) is 27.7 Å². The third-order valence-corrected chi connectivity index (χ3v) is 6.01. The van der Waals surface area contributed by atoms with Gasteiger partial charge in [0.15, 0.2) is 0 Å². The summed E-state index contributed by atoms with van der Waals surface area (Å²) in [5.74, 6) is 0.906. The van der Waals surface area contributed by atoms with E-state index < -0.39 is 0 Å². The molecule has 4 aromatic heterocycles. The van der Waals surface area contributed by atoms with E-state index >= 15 is 0 Å². The molecule has 0 saturated heterocycles. The molecule has 1 aliphatic rings. The summed E-state index contributed by atoms with van der Waals surface area (Å²) in [5, 5.41) is 7.09. The van der Waals surface area contributed by atoms with Crippen LogP contribution in [0.4, 0.5) is 11.6 Å². The third kappa shape index (κ3) is 5.95. The Balaban J connectivity index is 1.37. The van der Waals surface area contributed by atoms with Crippen molar-refractivity contribution in [2.24, 2.45) is 0 Å². The molecule has 9 heteroatoms. The minimum absolute atomic E-state index is 0.132. The number of nitrogens with one attached hydrogen (secondary N) is 2. The van der Waals surface area contributed by atoms with Gasteiger partial charge in [0.2, 0.25) is 0 Å². The molecular weight excluding hydrogens is 464 g/mol. The second kappa shape index (κ2) is 10.0. The van der Waals surface area contributed by atoms with Gasteiger partial charge in [-0.25, -0.2) is 9.97 Å². The van der Waals surface area contributed by atoms with Crippen molar-refractivity contribution in [1.82, 2.24) is 29.8 Å². The van der Waals surface area contributed by atoms with Gasteiger partial charge in [-0.05, 0) is 64.1 Å². The van der Waals surface area contributed by atoms with E-state index in [1.165, 1.54) is 5.57 Å². The highest BCUT2D eigenvalue weighted by Gasteiger charge is 2.15. The Morgan fingerprint density at radius 2 is 1.84 bits per heavy atom. The van der Waals surface area contributed by atoms with Crippen molar-refractivity contribution in [2.75, 3.05) is 30.8 Å². The van der Waals surface area contributed by atoms with Crippen LogP contribution < -0.4 is 10.6 Å². The molecule has 0 saturated carbocycles. The number of hydrogen-bond donors (Lipinski definition) is 2. The van der Waals surface area contributed by atoms with E-state index in [0.717, 1.165) is 41.7 Å². The number of rotatable bonds is 5. The van der Waals surface area contributed by atoms with Crippen molar-refractivity contribution in [3.63, 3.8) is 0 Å². The van der Waals surface area contributed by atoms with Gasteiger partial charge in [0.1, 0.15) is 11.6 Å². The highest BCUT2D eigenvalue weighted by molar-refractivity contribution is 6.04. The van der Waals surface area contributed by atoms with Crippen molar-refractivity contribution in [3.05, 3.63) is 72.6 Å². The molecule has 0 aromatic carbocycles. The number of anilines is 2. The molecular formula is C28H30N8O. The summed E-state index contributed by atoms with van der Waals surface area (Å²) in [4.78, 5) is 37.7. The third-order valence-electron chi connectivity index (χ3n) is 6.01. The normalized spacial score (nSPS) is 14.3. The Morgan fingerprint density at radius 3 is 2.62 bits per heavy atom. The summed E-state index contributed by atoms with van der Waals surface area (Å²) in [7, 11) is 2.09. The predicted molar refractivity (Wildman–Crippen MR) is 146 cm³/mol. The summed E-state index contributed by atoms with van der Waals surface area (Å²) in [6.07, 6.45) is 11.6. The lowest BCUT2D eigenvalue weighted by atomic mass is 10.0. The van der Waals surface area contributed by atoms with Crippen molar-refractivity contribution < 1.29 is 4.79 Å². The summed E-state index contributed by atoms with van der Waals surface area (Å²) in [5.41, 5.74) is 4.67. The van der Waals surface area contributed by atoms with Gasteiger partial charge in [0.25, 0.3) is 5.91 Å². The smallest absolute Gasteiger partial charge is 0.256 e. The van der Waals surface area contributed by atoms with Crippen LogP contribution in [-0.4, -0.2) is 61.4 Å². The molecule has 0 unspecified atom stereocenters. The van der Waals surface area contributed by atoms with Crippen molar-refractivity contribution in [2.45, 2.75) is 32.7 Å². The lowest BCUT2D eigenvalue weighted by molar-refractivity contribution is 0.102. The highest BCUT2D eigenvalue weighted by atomic mass is 16.1. The summed E-state index contributed by atoms with van der Waals surface area (Å²) in [6.45, 7) is 8.07. The van der Waals surface area contributed by atoms with E-state index in [2.05, 4.69) is 74.3 Å². The van der Waals surface area contributed by atoms with Crippen LogP contribution in [0.1, 0.15) is 43.2 Å². The van der Waals surface area contributed by atoms with Crippen LogP contribution in [0.2, 0.25) is 0 Å². The van der Waals surface area contributed by atoms with Crippen molar-refractivity contribution >= 4 is 34.0 Å². The zero-order valence-electron chi connectivity index (χ0n) is 21.5. The predicted octanol–water partition coefficient (Wildman–Crippen LogP) is 4.66. The fourth-order valence-corrected chi connectivity index (χ4v) is 4.13. The molecule has 4 aromatic rings. The summed E-state index contributed by atoms with van der Waals surface area (Å²) in [6, 6.07) is 7.34. The highest BCUT2D eigenvalue weighted by Crippen LogP contribution is 2.24. The van der Waals surface area contributed by atoms with E-state index in [1.807, 2.05) is 18.2 Å². The first-order valence-corrected chi connectivity index (χ1v) is 12.3. The van der Waals surface area contributed by atoms with E-state index in [-0.39, 0.29) is 11.4 Å². The Kier molecular flexibility index (Phi) is 6.62. The fourth-order valence-electron chi connectivity index (χ4n) is 4.13. The standard InChI is InChI=1S/C28H30N8O/c1-28(2,3)35-26-17-29-15-24(33-26)21-11-20-13-25(32-16-23(20)31-14-21)34-27(37)19-5-8-30-22(12-19)18-6-9-36(4)10-7-18/h5-6,8,11-17H,7,9-10H2,1-4H3,(H,33,35)(H,32,34,37). The van der Waals surface area contributed by atoms with Crippen molar-refractivity contribution in [1.29, 1.82) is 0 Å². The molecule has 37 heavy (non-hydrogen) atoms. The number of fused-ring (bicyclic) bond motifs is 1. The van der Waals surface area contributed by atoms with Gasteiger partial charge in [-0.1, -0.05) is 6.08 Å². The van der Waals surface area contributed by atoms with E-state index in [9.17, 15) is 4.79 Å². The lowest BCUT2D eigenvalue weighted by Gasteiger charge is -2.21. The molecule has 9 nitrogen and oxygen atoms in total. The van der Waals surface area contributed by atoms with Crippen LogP contribution in [0.15, 0.2) is 61.3 Å². The quantitative estimate of drug-likeness (QED) is 0.412. The molecule has 0 bridgehead atoms. The van der Waals surface area contributed by atoms with Gasteiger partial charge in [-0.15, -0.1) is 0 Å². The molecule has 1 aliphatic heterocycles. The van der Waals surface area contributed by atoms with E-state index in [0.29, 0.717) is 22.9 Å². The van der Waals surface area contributed by atoms with Crippen molar-refractivity contribution in [3.8, 4) is 11.3 Å². The SMILES string of the molecule is CN1CC=C(c2cc(C(=O)Nc3cc4cc(-c5cncc(NC(C)(C)C)n5)cnc4cn3)ccn2)CC1. The van der Waals surface area contributed by atoms with E-state index in [4.69, 9.17) is 0 Å². The molecule has 5 rings (SSSR count). The number of carbonyl (C=O) groups is 1. The minimum Gasteiger partial charge on any atom is -0.364 e. The second-order valence-corrected chi connectivity index (χ2v) is 10.3. The van der Waals surface area contributed by atoms with Gasteiger partial charge in [-0.2, -0.15) is 0 Å². The topological polar surface area (TPSA) is 109 Å². The monoisotopic (exact) mass is 494 g/mol. The van der Waals surface area contributed by atoms with Gasteiger partial charge >= 0.3 is 0 Å². The van der Waals surface area contributed by atoms with Crippen LogP contribution in [0.3, 0.4) is 0 Å². The number of carbonyl (C=O) groups excluding carboxylic acids is 1. The average Bonchev–Trinajstić information content (AvgIpc) is 2.88. The van der Waals surface area contributed by atoms with Crippen LogP contribution in [0, 0.1) is 0 Å². The molecule has 0 spiro atoms. The first-order chi connectivity index (χ1) is 17.7. The van der Waals surface area contributed by atoms with Gasteiger partial charge < -0.3 is 15.5 Å². The Bertz CT molecular complexity index is 1490. The minimum atomic E-state index is -0.236. The number of amides is 1. The van der Waals surface area contributed by atoms with Crippen LogP contribution >= 0.6 is 0 Å². The number of pyridine rings is 3. The zero-order valence-corrected chi connectivity index (χ0v) is 21.5. The van der Waals surface area contributed by atoms with Gasteiger partial charge in [0, 0.05) is 47.5 Å². The molecule has 0 fully saturated rings. The molecule has 0 radical (unpaired) electrons. The second-order valence-electron chi connectivity index (χ2n) is 10.3. The molecule has 0 aliphatic carbocycles. The first-order valence-electron chi connectivity index (χ1n) is 12.3. The maximum absolute atomic E-state index is 13.0. The Hall–Kier alpha value is -4.24. The van der Waals surface area contributed by atoms with Crippen LogP contribution in [0.5, 0.6) is 0 Å². The Morgan fingerprint density at radius 1 is 0.973 bits per heavy atom. The van der Waals surface area contributed by atoms with Gasteiger partial charge in [-0.3, -0.25) is 19.7 Å². The lowest BCUT2D eigenvalue weighted by Crippen LogP contribution is -2.26. The number of aromatic nitrogens is 5. The molecule has 188 valence electrons. The molecule has 1 amide bonds. The van der Waals surface area contributed by atoms with Gasteiger partial charge in [0.05, 0.1) is 35.5 Å². The number of nitrogens with zero attached hydrogens (tertiary/aromatic N) is 6. The van der Waals surface area contributed by atoms with E-state index in [1.54, 1.807) is 37.1 Å². The average molecular weight is 495 g/mol. The maximum atomic E-state index is 13.0.